The van der Waals surface area contributed by atoms with Crippen LogP contribution in [0.25, 0.3) is 0 Å². The molecule has 0 spiro atoms. The Kier molecular flexibility index (Phi) is 3.79. The monoisotopic (exact) mass is 208 g/mol. The highest BCUT2D eigenvalue weighted by atomic mass is 16.4. The molecule has 0 aliphatic rings. The molecule has 0 unspecified atom stereocenters. The van der Waals surface area contributed by atoms with Crippen molar-refractivity contribution in [2.75, 3.05) is 0 Å². The van der Waals surface area contributed by atoms with Crippen LogP contribution < -0.4 is 5.69 Å². The van der Waals surface area contributed by atoms with Crippen LogP contribution >= 0.6 is 0 Å². The summed E-state index contributed by atoms with van der Waals surface area (Å²) < 4.78 is 1.35. The molecule has 0 atom stereocenters. The zero-order chi connectivity index (χ0) is 11.3. The number of carbonyl (C=O) groups is 1. The molecule has 1 rings (SSSR count). The van der Waals surface area contributed by atoms with Gasteiger partial charge < -0.3 is 5.11 Å². The largest absolute Gasteiger partial charge is 0.478 e. The number of hydrogen-bond donors (Lipinski definition) is 1. The molecule has 0 saturated heterocycles. The quantitative estimate of drug-likeness (QED) is 0.738. The van der Waals surface area contributed by atoms with E-state index in [4.69, 9.17) is 5.11 Å². The molecular weight excluding hydrogens is 196 g/mol. The Morgan fingerprint density at radius 1 is 1.67 bits per heavy atom. The first-order valence-corrected chi connectivity index (χ1v) is 4.59. The van der Waals surface area contributed by atoms with Gasteiger partial charge in [-0.3, -0.25) is 4.57 Å². The lowest BCUT2D eigenvalue weighted by molar-refractivity contribution is -0.132. The van der Waals surface area contributed by atoms with Crippen LogP contribution in [0.15, 0.2) is 34.9 Å². The third kappa shape index (κ3) is 3.05. The van der Waals surface area contributed by atoms with Gasteiger partial charge in [-0.15, -0.1) is 0 Å². The molecule has 0 radical (unpaired) electrons. The lowest BCUT2D eigenvalue weighted by atomic mass is 10.2. The first-order valence-electron chi connectivity index (χ1n) is 4.59. The minimum atomic E-state index is -0.950. The van der Waals surface area contributed by atoms with E-state index in [-0.39, 0.29) is 12.2 Å². The average molecular weight is 208 g/mol. The summed E-state index contributed by atoms with van der Waals surface area (Å²) in [7, 11) is 0. The van der Waals surface area contributed by atoms with Crippen molar-refractivity contribution < 1.29 is 9.90 Å². The van der Waals surface area contributed by atoms with Crippen LogP contribution in [-0.2, 0) is 11.3 Å². The number of rotatable bonds is 4. The Morgan fingerprint density at radius 3 is 2.93 bits per heavy atom. The van der Waals surface area contributed by atoms with Crippen LogP contribution in [-0.4, -0.2) is 20.6 Å². The van der Waals surface area contributed by atoms with Crippen molar-refractivity contribution in [3.63, 3.8) is 0 Å². The number of nitrogens with zero attached hydrogens (tertiary/aromatic N) is 2. The fraction of sp³-hybridized carbons (Fsp3) is 0.300. The van der Waals surface area contributed by atoms with Gasteiger partial charge in [0.25, 0.3) is 0 Å². The number of allylic oxidation sites excluding steroid dienone is 1. The zero-order valence-corrected chi connectivity index (χ0v) is 8.38. The van der Waals surface area contributed by atoms with Crippen molar-refractivity contribution >= 4 is 5.97 Å². The Hall–Kier alpha value is -1.91. The average Bonchev–Trinajstić information content (AvgIpc) is 2.21. The molecule has 1 aromatic heterocycles. The van der Waals surface area contributed by atoms with Crippen LogP contribution in [0.5, 0.6) is 0 Å². The van der Waals surface area contributed by atoms with Gasteiger partial charge in [0.05, 0.1) is 0 Å². The van der Waals surface area contributed by atoms with Gasteiger partial charge in [-0.2, -0.15) is 0 Å². The Balaban J connectivity index is 2.84. The van der Waals surface area contributed by atoms with E-state index in [9.17, 15) is 9.59 Å². The van der Waals surface area contributed by atoms with Gasteiger partial charge in [-0.1, -0.05) is 13.0 Å². The molecule has 5 heteroatoms. The molecule has 1 aromatic rings. The highest BCUT2D eigenvalue weighted by Gasteiger charge is 2.03. The normalized spacial score (nSPS) is 11.4. The van der Waals surface area contributed by atoms with E-state index < -0.39 is 5.97 Å². The summed E-state index contributed by atoms with van der Waals surface area (Å²) >= 11 is 0. The van der Waals surface area contributed by atoms with E-state index in [0.717, 1.165) is 0 Å². The van der Waals surface area contributed by atoms with E-state index >= 15 is 0 Å². The molecule has 1 heterocycles. The SMILES string of the molecule is CCC(=CCn1cccnc1=O)C(=O)O. The van der Waals surface area contributed by atoms with Crippen LogP contribution in [0.1, 0.15) is 13.3 Å². The predicted molar refractivity (Wildman–Crippen MR) is 54.5 cm³/mol. The van der Waals surface area contributed by atoms with Gasteiger partial charge >= 0.3 is 11.7 Å². The fourth-order valence-electron chi connectivity index (χ4n) is 1.12. The second-order valence-electron chi connectivity index (χ2n) is 2.94. The minimum absolute atomic E-state index is 0.238. The third-order valence-electron chi connectivity index (χ3n) is 1.97. The molecule has 0 aromatic carbocycles. The summed E-state index contributed by atoms with van der Waals surface area (Å²) in [6.07, 6.45) is 4.93. The summed E-state index contributed by atoms with van der Waals surface area (Å²) in [6, 6.07) is 1.63. The van der Waals surface area contributed by atoms with E-state index in [1.54, 1.807) is 19.2 Å². The topological polar surface area (TPSA) is 72.2 Å². The molecule has 0 fully saturated rings. The summed E-state index contributed by atoms with van der Waals surface area (Å²) in [6.45, 7) is 1.99. The Labute approximate surface area is 86.7 Å². The number of aliphatic carboxylic acids is 1. The summed E-state index contributed by atoms with van der Waals surface area (Å²) in [5, 5.41) is 8.75. The molecule has 0 aliphatic carbocycles. The molecule has 5 nitrogen and oxygen atoms in total. The maximum absolute atomic E-state index is 11.2. The smallest absolute Gasteiger partial charge is 0.347 e. The van der Waals surface area contributed by atoms with E-state index in [1.165, 1.54) is 16.8 Å². The first kappa shape index (κ1) is 11.2. The maximum Gasteiger partial charge on any atom is 0.347 e. The standard InChI is InChI=1S/C10H12N2O3/c1-2-8(9(13)14)4-7-12-6-3-5-11-10(12)15/h3-6H,2,7H2,1H3,(H,13,14). The molecule has 15 heavy (non-hydrogen) atoms. The highest BCUT2D eigenvalue weighted by molar-refractivity contribution is 5.86. The van der Waals surface area contributed by atoms with Crippen molar-refractivity contribution in [2.24, 2.45) is 0 Å². The second kappa shape index (κ2) is 5.09. The van der Waals surface area contributed by atoms with Crippen LogP contribution in [0, 0.1) is 0 Å². The van der Waals surface area contributed by atoms with E-state index in [0.29, 0.717) is 12.0 Å². The zero-order valence-electron chi connectivity index (χ0n) is 8.38. The van der Waals surface area contributed by atoms with Gasteiger partial charge in [0.1, 0.15) is 0 Å². The molecular formula is C10H12N2O3. The number of aromatic nitrogens is 2. The van der Waals surface area contributed by atoms with Crippen molar-refractivity contribution in [2.45, 2.75) is 19.9 Å². The molecule has 0 bridgehead atoms. The lowest BCUT2D eigenvalue weighted by Gasteiger charge is -2.01. The number of hydrogen-bond acceptors (Lipinski definition) is 3. The highest BCUT2D eigenvalue weighted by Crippen LogP contribution is 2.00. The van der Waals surface area contributed by atoms with Crippen molar-refractivity contribution in [3.05, 3.63) is 40.6 Å². The predicted octanol–water partition coefficient (Wildman–Crippen LogP) is 0.664. The van der Waals surface area contributed by atoms with Crippen molar-refractivity contribution in [3.8, 4) is 0 Å². The molecule has 0 aliphatic heterocycles. The summed E-state index contributed by atoms with van der Waals surface area (Å²) in [4.78, 5) is 25.4. The second-order valence-corrected chi connectivity index (χ2v) is 2.94. The van der Waals surface area contributed by atoms with Gasteiger partial charge in [0, 0.05) is 24.5 Å². The fourth-order valence-corrected chi connectivity index (χ4v) is 1.12. The van der Waals surface area contributed by atoms with Crippen LogP contribution in [0.4, 0.5) is 0 Å². The van der Waals surface area contributed by atoms with Crippen molar-refractivity contribution in [1.82, 2.24) is 9.55 Å². The number of carboxylic acids is 1. The van der Waals surface area contributed by atoms with Gasteiger partial charge in [-0.25, -0.2) is 14.6 Å². The minimum Gasteiger partial charge on any atom is -0.478 e. The first-order chi connectivity index (χ1) is 7.15. The van der Waals surface area contributed by atoms with Crippen molar-refractivity contribution in [1.29, 1.82) is 0 Å². The summed E-state index contributed by atoms with van der Waals surface area (Å²) in [5.74, 6) is -0.950. The Bertz CT molecular complexity index is 434. The molecule has 0 saturated carbocycles. The summed E-state index contributed by atoms with van der Waals surface area (Å²) in [5.41, 5.74) is -0.0830. The Morgan fingerprint density at radius 2 is 2.40 bits per heavy atom. The van der Waals surface area contributed by atoms with E-state index in [2.05, 4.69) is 4.98 Å². The van der Waals surface area contributed by atoms with Crippen LogP contribution in [0.3, 0.4) is 0 Å². The van der Waals surface area contributed by atoms with Gasteiger partial charge in [-0.05, 0) is 12.5 Å². The van der Waals surface area contributed by atoms with Gasteiger partial charge in [0.15, 0.2) is 0 Å². The maximum atomic E-state index is 11.2. The molecule has 1 N–H and O–H groups in total. The molecule has 80 valence electrons. The van der Waals surface area contributed by atoms with E-state index in [1.807, 2.05) is 0 Å². The van der Waals surface area contributed by atoms with Gasteiger partial charge in [0.2, 0.25) is 0 Å². The number of carboxylic acid groups (broad SMARTS) is 1. The van der Waals surface area contributed by atoms with Crippen LogP contribution in [0.2, 0.25) is 0 Å². The third-order valence-corrected chi connectivity index (χ3v) is 1.97. The molecule has 0 amide bonds. The lowest BCUT2D eigenvalue weighted by Crippen LogP contribution is -2.21.